The summed E-state index contributed by atoms with van der Waals surface area (Å²) < 4.78 is 0. The van der Waals surface area contributed by atoms with Gasteiger partial charge in [-0.2, -0.15) is 0 Å². The number of hydrogen-bond acceptors (Lipinski definition) is 0. The van der Waals surface area contributed by atoms with E-state index < -0.39 is 0 Å². The molecule has 22 heavy (non-hydrogen) atoms. The van der Waals surface area contributed by atoms with Gasteiger partial charge in [0.25, 0.3) is 0 Å². The summed E-state index contributed by atoms with van der Waals surface area (Å²) in [6.07, 6.45) is 6.39. The van der Waals surface area contributed by atoms with Crippen molar-refractivity contribution in [2.75, 3.05) is 0 Å². The number of hydrogen-bond donors (Lipinski definition) is 0. The van der Waals surface area contributed by atoms with Gasteiger partial charge < -0.3 is 0 Å². The van der Waals surface area contributed by atoms with E-state index in [1.54, 1.807) is 0 Å². The molecule has 0 heterocycles. The minimum atomic E-state index is 0.0885. The lowest BCUT2D eigenvalue weighted by molar-refractivity contribution is 0.517. The molecule has 0 heteroatoms. The Morgan fingerprint density at radius 2 is 1.00 bits per heavy atom. The van der Waals surface area contributed by atoms with Crippen LogP contribution in [0.4, 0.5) is 0 Å². The van der Waals surface area contributed by atoms with Gasteiger partial charge in [-0.25, -0.2) is 0 Å². The van der Waals surface area contributed by atoms with Crippen molar-refractivity contribution in [1.29, 1.82) is 0 Å². The Labute approximate surface area is 137 Å². The molecule has 0 aromatic carbocycles. The van der Waals surface area contributed by atoms with Crippen molar-refractivity contribution in [2.24, 2.45) is 10.8 Å². The van der Waals surface area contributed by atoms with Crippen LogP contribution in [-0.4, -0.2) is 0 Å². The lowest BCUT2D eigenvalue weighted by Crippen LogP contribution is -2.11. The summed E-state index contributed by atoms with van der Waals surface area (Å²) in [5.41, 5.74) is 7.09. The first kappa shape index (κ1) is 18.5. The summed E-state index contributed by atoms with van der Waals surface area (Å²) in [4.78, 5) is 0. The van der Waals surface area contributed by atoms with E-state index in [1.807, 2.05) is 0 Å². The minimum absolute atomic E-state index is 0.0885. The van der Waals surface area contributed by atoms with Crippen LogP contribution in [0.1, 0.15) is 54.4 Å². The molecule has 0 spiro atoms. The molecule has 0 amide bonds. The van der Waals surface area contributed by atoms with E-state index >= 15 is 0 Å². The standard InChI is InChI=1S/C22H32/c1-15(21(5,6)7)13-19-11-12-20(18(4)17(19)3)14-16(2)22(8,9)10/h13-14H,1-4,11-12H2,5-10H3/b19-13-,20-14-. The smallest absolute Gasteiger partial charge is 0.0138 e. The summed E-state index contributed by atoms with van der Waals surface area (Å²) in [6, 6.07) is 0. The lowest BCUT2D eigenvalue weighted by Gasteiger charge is -2.27. The van der Waals surface area contributed by atoms with Crippen LogP contribution in [0, 0.1) is 10.8 Å². The molecule has 1 aliphatic rings. The maximum absolute atomic E-state index is 4.25. The van der Waals surface area contributed by atoms with Crippen LogP contribution in [0.25, 0.3) is 0 Å². The van der Waals surface area contributed by atoms with Gasteiger partial charge in [0.1, 0.15) is 0 Å². The van der Waals surface area contributed by atoms with Gasteiger partial charge in [0, 0.05) is 0 Å². The van der Waals surface area contributed by atoms with Gasteiger partial charge in [0.15, 0.2) is 0 Å². The molecule has 0 radical (unpaired) electrons. The fourth-order valence-corrected chi connectivity index (χ4v) is 2.13. The topological polar surface area (TPSA) is 0 Å². The van der Waals surface area contributed by atoms with Crippen LogP contribution in [-0.2, 0) is 0 Å². The molecule has 0 saturated heterocycles. The monoisotopic (exact) mass is 296 g/mol. The summed E-state index contributed by atoms with van der Waals surface area (Å²) >= 11 is 0. The van der Waals surface area contributed by atoms with E-state index in [9.17, 15) is 0 Å². The lowest BCUT2D eigenvalue weighted by atomic mass is 9.77. The van der Waals surface area contributed by atoms with Gasteiger partial charge in [0.2, 0.25) is 0 Å². The van der Waals surface area contributed by atoms with Crippen LogP contribution in [0.3, 0.4) is 0 Å². The molecule has 0 atom stereocenters. The third-order valence-corrected chi connectivity index (χ3v) is 4.43. The van der Waals surface area contributed by atoms with E-state index in [0.29, 0.717) is 0 Å². The summed E-state index contributed by atoms with van der Waals surface area (Å²) in [5, 5.41) is 0. The molecular weight excluding hydrogens is 264 g/mol. The molecule has 0 unspecified atom stereocenters. The van der Waals surface area contributed by atoms with Gasteiger partial charge >= 0.3 is 0 Å². The third-order valence-electron chi connectivity index (χ3n) is 4.43. The Morgan fingerprint density at radius 1 is 0.727 bits per heavy atom. The Morgan fingerprint density at radius 3 is 1.23 bits per heavy atom. The molecule has 0 aromatic rings. The molecule has 120 valence electrons. The maximum atomic E-state index is 4.25. The van der Waals surface area contributed by atoms with Crippen molar-refractivity contribution >= 4 is 0 Å². The van der Waals surface area contributed by atoms with E-state index in [1.165, 1.54) is 11.1 Å². The third kappa shape index (κ3) is 4.47. The fraction of sp³-hybridized carbons (Fsp3) is 0.455. The Hall–Kier alpha value is -1.56. The van der Waals surface area contributed by atoms with Crippen LogP contribution in [0.5, 0.6) is 0 Å². The highest BCUT2D eigenvalue weighted by molar-refractivity contribution is 5.59. The largest absolute Gasteiger partial charge is 0.0953 e. The van der Waals surface area contributed by atoms with Crippen molar-refractivity contribution in [2.45, 2.75) is 54.4 Å². The van der Waals surface area contributed by atoms with Crippen molar-refractivity contribution in [3.05, 3.63) is 71.9 Å². The Bertz CT molecular complexity index is 521. The summed E-state index contributed by atoms with van der Waals surface area (Å²) in [7, 11) is 0. The zero-order chi connectivity index (χ0) is 17.3. The second kappa shape index (κ2) is 6.28. The van der Waals surface area contributed by atoms with Crippen LogP contribution >= 0.6 is 0 Å². The van der Waals surface area contributed by atoms with Crippen molar-refractivity contribution in [1.82, 2.24) is 0 Å². The van der Waals surface area contributed by atoms with Gasteiger partial charge in [-0.15, -0.1) is 0 Å². The van der Waals surface area contributed by atoms with Gasteiger partial charge in [0.05, 0.1) is 0 Å². The van der Waals surface area contributed by atoms with Crippen LogP contribution in [0.15, 0.2) is 71.9 Å². The Kier molecular flexibility index (Phi) is 5.28. The molecule has 0 aliphatic heterocycles. The number of allylic oxidation sites excluding steroid dienone is 8. The average molecular weight is 296 g/mol. The van der Waals surface area contributed by atoms with Crippen LogP contribution < -0.4 is 0 Å². The zero-order valence-corrected chi connectivity index (χ0v) is 15.4. The quantitative estimate of drug-likeness (QED) is 0.517. The predicted octanol–water partition coefficient (Wildman–Crippen LogP) is 6.95. The van der Waals surface area contributed by atoms with Gasteiger partial charge in [-0.3, -0.25) is 0 Å². The maximum Gasteiger partial charge on any atom is -0.0138 e. The highest BCUT2D eigenvalue weighted by Gasteiger charge is 2.22. The molecule has 1 rings (SSSR count). The van der Waals surface area contributed by atoms with Crippen LogP contribution in [0.2, 0.25) is 0 Å². The molecule has 0 nitrogen and oxygen atoms in total. The fourth-order valence-electron chi connectivity index (χ4n) is 2.13. The number of rotatable bonds is 2. The Balaban J connectivity index is 3.01. The van der Waals surface area contributed by atoms with Crippen molar-refractivity contribution in [3.63, 3.8) is 0 Å². The summed E-state index contributed by atoms with van der Waals surface area (Å²) in [6.45, 7) is 30.0. The second-order valence-electron chi connectivity index (χ2n) is 8.35. The van der Waals surface area contributed by atoms with Gasteiger partial charge in [-0.05, 0) is 57.1 Å². The molecule has 0 N–H and O–H groups in total. The van der Waals surface area contributed by atoms with Gasteiger partial charge in [-0.1, -0.05) is 80.0 Å². The zero-order valence-electron chi connectivity index (χ0n) is 15.4. The van der Waals surface area contributed by atoms with E-state index in [0.717, 1.165) is 35.1 Å². The molecule has 1 aliphatic carbocycles. The normalized spacial score (nSPS) is 20.6. The molecule has 0 aromatic heterocycles. The van der Waals surface area contributed by atoms with E-state index in [-0.39, 0.29) is 10.8 Å². The van der Waals surface area contributed by atoms with E-state index in [2.05, 4.69) is 80.0 Å². The second-order valence-corrected chi connectivity index (χ2v) is 8.35. The molecule has 1 fully saturated rings. The highest BCUT2D eigenvalue weighted by atomic mass is 14.3. The summed E-state index contributed by atoms with van der Waals surface area (Å²) in [5.74, 6) is 0. The minimum Gasteiger partial charge on any atom is -0.0953 e. The van der Waals surface area contributed by atoms with E-state index in [4.69, 9.17) is 0 Å². The molecule has 1 saturated carbocycles. The first-order valence-corrected chi connectivity index (χ1v) is 8.03. The highest BCUT2D eigenvalue weighted by Crippen LogP contribution is 2.39. The van der Waals surface area contributed by atoms with Crippen molar-refractivity contribution < 1.29 is 0 Å². The molecular formula is C22H32. The predicted molar refractivity (Wildman–Crippen MR) is 101 cm³/mol. The van der Waals surface area contributed by atoms with Crippen molar-refractivity contribution in [3.8, 4) is 0 Å². The average Bonchev–Trinajstić information content (AvgIpc) is 2.35. The first-order chi connectivity index (χ1) is 9.84. The molecule has 0 bridgehead atoms. The SMILES string of the molecule is C=C1C(=C)/C(=C\C(=C)C(C)(C)C)CC/C1=C/C(=C)C(C)(C)C. The first-order valence-electron chi connectivity index (χ1n) is 8.03.